The number of amides is 1. The Kier molecular flexibility index (Phi) is 5.06. The van der Waals surface area contributed by atoms with Gasteiger partial charge >= 0.3 is 0 Å². The number of hydrogen-bond acceptors (Lipinski definition) is 3. The van der Waals surface area contributed by atoms with Gasteiger partial charge in [-0.05, 0) is 19.1 Å². The van der Waals surface area contributed by atoms with Crippen LogP contribution in [-0.2, 0) is 14.8 Å². The van der Waals surface area contributed by atoms with Crippen LogP contribution in [0, 0.1) is 6.92 Å². The zero-order valence-corrected chi connectivity index (χ0v) is 11.7. The summed E-state index contributed by atoms with van der Waals surface area (Å²) < 4.78 is 25.6. The number of benzene rings is 1. The number of carbonyl (C=O) groups is 1. The van der Waals surface area contributed by atoms with Gasteiger partial charge in [-0.25, -0.2) is 12.7 Å². The third-order valence-corrected chi connectivity index (χ3v) is 4.30. The lowest BCUT2D eigenvalue weighted by atomic mass is 10.2. The minimum Gasteiger partial charge on any atom is -0.273 e. The number of carbonyl (C=O) groups excluding carboxylic acids is 1. The van der Waals surface area contributed by atoms with Crippen LogP contribution in [0.3, 0.4) is 0 Å². The van der Waals surface area contributed by atoms with Crippen LogP contribution in [0.4, 0.5) is 0 Å². The molecule has 1 aromatic rings. The molecule has 0 aliphatic carbocycles. The van der Waals surface area contributed by atoms with Gasteiger partial charge in [-0.3, -0.25) is 4.79 Å². The largest absolute Gasteiger partial charge is 0.273 e. The standard InChI is InChI=1S/C14H17NO3S/c1-4-6-14(16)15(11-5-2)19(17,18)13-9-7-12(3)8-10-13/h4-5,7-10H,1-2,6,11H2,3H3. The fraction of sp³-hybridized carbons (Fsp3) is 0.214. The van der Waals surface area contributed by atoms with Crippen molar-refractivity contribution in [2.45, 2.75) is 18.2 Å². The maximum Gasteiger partial charge on any atom is 0.266 e. The van der Waals surface area contributed by atoms with E-state index in [4.69, 9.17) is 0 Å². The van der Waals surface area contributed by atoms with E-state index in [1.165, 1.54) is 24.3 Å². The summed E-state index contributed by atoms with van der Waals surface area (Å²) in [7, 11) is -3.84. The van der Waals surface area contributed by atoms with Crippen molar-refractivity contribution >= 4 is 15.9 Å². The van der Waals surface area contributed by atoms with E-state index in [1.54, 1.807) is 12.1 Å². The van der Waals surface area contributed by atoms with E-state index < -0.39 is 15.9 Å². The minimum atomic E-state index is -3.84. The molecule has 0 saturated carbocycles. The number of hydrogen-bond donors (Lipinski definition) is 0. The van der Waals surface area contributed by atoms with Crippen molar-refractivity contribution in [1.82, 2.24) is 4.31 Å². The van der Waals surface area contributed by atoms with Crippen LogP contribution in [0.25, 0.3) is 0 Å². The highest BCUT2D eigenvalue weighted by molar-refractivity contribution is 7.89. The van der Waals surface area contributed by atoms with Crippen LogP contribution in [0.15, 0.2) is 54.5 Å². The molecule has 0 heterocycles. The average molecular weight is 279 g/mol. The van der Waals surface area contributed by atoms with Gasteiger partial charge in [0, 0.05) is 6.42 Å². The Morgan fingerprint density at radius 3 is 2.26 bits per heavy atom. The lowest BCUT2D eigenvalue weighted by Crippen LogP contribution is -2.36. The Morgan fingerprint density at radius 2 is 1.79 bits per heavy atom. The Hall–Kier alpha value is -1.88. The number of nitrogens with zero attached hydrogens (tertiary/aromatic N) is 1. The number of aryl methyl sites for hydroxylation is 1. The van der Waals surface area contributed by atoms with E-state index >= 15 is 0 Å². The Balaban J connectivity index is 3.19. The number of sulfonamides is 1. The third kappa shape index (κ3) is 3.54. The summed E-state index contributed by atoms with van der Waals surface area (Å²) in [4.78, 5) is 11.9. The quantitative estimate of drug-likeness (QED) is 0.751. The van der Waals surface area contributed by atoms with Crippen LogP contribution in [-0.4, -0.2) is 25.2 Å². The monoisotopic (exact) mass is 279 g/mol. The fourth-order valence-corrected chi connectivity index (χ4v) is 2.89. The lowest BCUT2D eigenvalue weighted by molar-refractivity contribution is -0.125. The summed E-state index contributed by atoms with van der Waals surface area (Å²) in [5.41, 5.74) is 0.951. The van der Waals surface area contributed by atoms with Crippen molar-refractivity contribution in [3.05, 3.63) is 55.1 Å². The highest BCUT2D eigenvalue weighted by atomic mass is 32.2. The first kappa shape index (κ1) is 15.2. The molecule has 0 aliphatic rings. The average Bonchev–Trinajstić information content (AvgIpc) is 2.36. The first-order chi connectivity index (χ1) is 8.93. The molecule has 19 heavy (non-hydrogen) atoms. The van der Waals surface area contributed by atoms with E-state index in [0.717, 1.165) is 9.87 Å². The summed E-state index contributed by atoms with van der Waals surface area (Å²) in [6.07, 6.45) is 2.73. The van der Waals surface area contributed by atoms with Crippen LogP contribution in [0.1, 0.15) is 12.0 Å². The van der Waals surface area contributed by atoms with Crippen LogP contribution in [0.5, 0.6) is 0 Å². The molecule has 0 aliphatic heterocycles. The van der Waals surface area contributed by atoms with E-state index in [0.29, 0.717) is 0 Å². The molecule has 5 heteroatoms. The highest BCUT2D eigenvalue weighted by Gasteiger charge is 2.27. The topological polar surface area (TPSA) is 54.5 Å². The van der Waals surface area contributed by atoms with E-state index in [9.17, 15) is 13.2 Å². The fourth-order valence-electron chi connectivity index (χ4n) is 1.51. The normalized spacial score (nSPS) is 10.8. The summed E-state index contributed by atoms with van der Waals surface area (Å²) in [5.74, 6) is -0.518. The van der Waals surface area contributed by atoms with Gasteiger partial charge in [0.05, 0.1) is 11.4 Å². The molecule has 0 aromatic heterocycles. The van der Waals surface area contributed by atoms with Crippen LogP contribution >= 0.6 is 0 Å². The van der Waals surface area contributed by atoms with Crippen molar-refractivity contribution in [1.29, 1.82) is 0 Å². The molecular formula is C14H17NO3S. The van der Waals surface area contributed by atoms with Crippen molar-refractivity contribution < 1.29 is 13.2 Å². The molecule has 1 aromatic carbocycles. The van der Waals surface area contributed by atoms with E-state index in [1.807, 2.05) is 6.92 Å². The minimum absolute atomic E-state index is 0.0288. The van der Waals surface area contributed by atoms with Gasteiger partial charge in [-0.15, -0.1) is 13.2 Å². The summed E-state index contributed by atoms with van der Waals surface area (Å²) in [6.45, 7) is 8.73. The van der Waals surface area contributed by atoms with E-state index in [2.05, 4.69) is 13.2 Å². The molecule has 0 bridgehead atoms. The van der Waals surface area contributed by atoms with Crippen molar-refractivity contribution in [3.8, 4) is 0 Å². The Bertz CT molecular complexity index is 573. The molecule has 1 amide bonds. The molecule has 0 radical (unpaired) electrons. The summed E-state index contributed by atoms with van der Waals surface area (Å²) in [5, 5.41) is 0. The first-order valence-corrected chi connectivity index (χ1v) is 7.21. The van der Waals surface area contributed by atoms with Gasteiger partial charge < -0.3 is 0 Å². The van der Waals surface area contributed by atoms with E-state index in [-0.39, 0.29) is 17.9 Å². The molecule has 0 saturated heterocycles. The SMILES string of the molecule is C=CCC(=O)N(CC=C)S(=O)(=O)c1ccc(C)cc1. The van der Waals surface area contributed by atoms with Crippen LogP contribution in [0.2, 0.25) is 0 Å². The zero-order valence-electron chi connectivity index (χ0n) is 10.9. The van der Waals surface area contributed by atoms with Gasteiger partial charge in [-0.2, -0.15) is 0 Å². The van der Waals surface area contributed by atoms with Crippen LogP contribution < -0.4 is 0 Å². The van der Waals surface area contributed by atoms with Crippen molar-refractivity contribution in [2.75, 3.05) is 6.54 Å². The predicted molar refractivity (Wildman–Crippen MR) is 75.1 cm³/mol. The second-order valence-corrected chi connectivity index (χ2v) is 5.89. The summed E-state index contributed by atoms with van der Waals surface area (Å²) >= 11 is 0. The number of rotatable bonds is 6. The predicted octanol–water partition coefficient (Wildman–Crippen LogP) is 2.27. The van der Waals surface area contributed by atoms with Gasteiger partial charge in [0.2, 0.25) is 5.91 Å². The molecular weight excluding hydrogens is 262 g/mol. The van der Waals surface area contributed by atoms with Crippen molar-refractivity contribution in [2.24, 2.45) is 0 Å². The molecule has 4 nitrogen and oxygen atoms in total. The third-order valence-electron chi connectivity index (χ3n) is 2.50. The zero-order chi connectivity index (χ0) is 14.5. The Morgan fingerprint density at radius 1 is 1.21 bits per heavy atom. The van der Waals surface area contributed by atoms with Gasteiger partial charge in [-0.1, -0.05) is 29.8 Å². The lowest BCUT2D eigenvalue weighted by Gasteiger charge is -2.20. The van der Waals surface area contributed by atoms with Gasteiger partial charge in [0.25, 0.3) is 10.0 Å². The second kappa shape index (κ2) is 6.33. The maximum atomic E-state index is 12.4. The molecule has 102 valence electrons. The molecule has 0 N–H and O–H groups in total. The Labute approximate surface area is 114 Å². The molecule has 0 fully saturated rings. The smallest absolute Gasteiger partial charge is 0.266 e. The van der Waals surface area contributed by atoms with Crippen molar-refractivity contribution in [3.63, 3.8) is 0 Å². The van der Waals surface area contributed by atoms with Gasteiger partial charge in [0.15, 0.2) is 0 Å². The molecule has 0 unspecified atom stereocenters. The first-order valence-electron chi connectivity index (χ1n) is 5.77. The highest BCUT2D eigenvalue weighted by Crippen LogP contribution is 2.17. The maximum absolute atomic E-state index is 12.4. The molecule has 0 atom stereocenters. The van der Waals surface area contributed by atoms with Gasteiger partial charge in [0.1, 0.15) is 0 Å². The molecule has 1 rings (SSSR count). The second-order valence-electron chi connectivity index (χ2n) is 4.02. The molecule has 0 spiro atoms. The summed E-state index contributed by atoms with van der Waals surface area (Å²) in [6, 6.07) is 6.36.